The van der Waals surface area contributed by atoms with E-state index in [9.17, 15) is 4.79 Å². The molecule has 24 heavy (non-hydrogen) atoms. The van der Waals surface area contributed by atoms with Crippen LogP contribution in [-0.4, -0.2) is 47.9 Å². The molecule has 0 radical (unpaired) electrons. The number of ether oxygens (including phenoxy) is 1. The Kier molecular flexibility index (Phi) is 5.20. The van der Waals surface area contributed by atoms with Gasteiger partial charge in [-0.3, -0.25) is 5.10 Å². The Morgan fingerprint density at radius 3 is 2.83 bits per heavy atom. The molecule has 1 saturated heterocycles. The van der Waals surface area contributed by atoms with Crippen LogP contribution >= 0.6 is 0 Å². The third-order valence-corrected chi connectivity index (χ3v) is 4.48. The fourth-order valence-electron chi connectivity index (χ4n) is 3.13. The number of aromatic nitrogens is 2. The molecule has 1 fully saturated rings. The molecule has 0 unspecified atom stereocenters. The van der Waals surface area contributed by atoms with E-state index in [2.05, 4.69) is 15.5 Å². The summed E-state index contributed by atoms with van der Waals surface area (Å²) in [7, 11) is 1.62. The normalized spacial score (nSPS) is 17.0. The number of carbonyl (C=O) groups excluding carboxylic acids is 1. The molecule has 1 aliphatic rings. The van der Waals surface area contributed by atoms with Gasteiger partial charge >= 0.3 is 6.03 Å². The van der Waals surface area contributed by atoms with E-state index in [0.29, 0.717) is 12.5 Å². The summed E-state index contributed by atoms with van der Waals surface area (Å²) < 4.78 is 10.8. The number of hydrogen-bond acceptors (Lipinski definition) is 4. The van der Waals surface area contributed by atoms with E-state index in [1.54, 1.807) is 13.3 Å². The summed E-state index contributed by atoms with van der Waals surface area (Å²) in [5, 5.41) is 10.0. The smallest absolute Gasteiger partial charge is 0.318 e. The Bertz CT molecular complexity index is 645. The van der Waals surface area contributed by atoms with Crippen LogP contribution in [-0.2, 0) is 4.74 Å². The van der Waals surface area contributed by atoms with Crippen molar-refractivity contribution >= 4 is 6.03 Å². The number of nitrogens with one attached hydrogen (secondary N) is 2. The Morgan fingerprint density at radius 2 is 2.25 bits per heavy atom. The van der Waals surface area contributed by atoms with Crippen LogP contribution in [0.4, 0.5) is 4.79 Å². The molecule has 7 nitrogen and oxygen atoms in total. The topological polar surface area (TPSA) is 83.4 Å². The summed E-state index contributed by atoms with van der Waals surface area (Å²) >= 11 is 0. The van der Waals surface area contributed by atoms with Gasteiger partial charge in [0.15, 0.2) is 0 Å². The maximum atomic E-state index is 12.6. The van der Waals surface area contributed by atoms with E-state index >= 15 is 0 Å². The first-order chi connectivity index (χ1) is 11.7. The summed E-state index contributed by atoms with van der Waals surface area (Å²) in [6, 6.07) is 5.42. The summed E-state index contributed by atoms with van der Waals surface area (Å²) in [5.74, 6) is 1.98. The monoisotopic (exact) mass is 332 g/mol. The number of urea groups is 1. The van der Waals surface area contributed by atoms with Crippen molar-refractivity contribution in [3.63, 3.8) is 0 Å². The van der Waals surface area contributed by atoms with Crippen molar-refractivity contribution in [2.45, 2.75) is 31.7 Å². The first kappa shape index (κ1) is 16.6. The van der Waals surface area contributed by atoms with Crippen molar-refractivity contribution in [3.8, 4) is 0 Å². The molecule has 0 aromatic carbocycles. The maximum absolute atomic E-state index is 12.6. The Morgan fingerprint density at radius 1 is 1.46 bits per heavy atom. The quantitative estimate of drug-likeness (QED) is 0.881. The lowest BCUT2D eigenvalue weighted by Gasteiger charge is -2.32. The zero-order valence-corrected chi connectivity index (χ0v) is 14.1. The van der Waals surface area contributed by atoms with Crippen molar-refractivity contribution in [2.75, 3.05) is 26.8 Å². The number of carbonyl (C=O) groups is 1. The van der Waals surface area contributed by atoms with Gasteiger partial charge in [0.25, 0.3) is 0 Å². The Hall–Kier alpha value is -2.28. The molecular weight excluding hydrogens is 308 g/mol. The van der Waals surface area contributed by atoms with Crippen LogP contribution in [0.2, 0.25) is 0 Å². The fourth-order valence-corrected chi connectivity index (χ4v) is 3.13. The zero-order valence-electron chi connectivity index (χ0n) is 14.1. The maximum Gasteiger partial charge on any atom is 0.318 e. The van der Waals surface area contributed by atoms with Gasteiger partial charge in [-0.1, -0.05) is 0 Å². The largest absolute Gasteiger partial charge is 0.464 e. The number of methoxy groups -OCH3 is 1. The third-order valence-electron chi connectivity index (χ3n) is 4.48. The second kappa shape index (κ2) is 7.53. The van der Waals surface area contributed by atoms with E-state index in [1.165, 1.54) is 0 Å². The number of H-pyrrole nitrogens is 1. The van der Waals surface area contributed by atoms with Crippen molar-refractivity contribution < 1.29 is 13.9 Å². The van der Waals surface area contributed by atoms with Crippen LogP contribution in [0.25, 0.3) is 0 Å². The summed E-state index contributed by atoms with van der Waals surface area (Å²) in [4.78, 5) is 14.4. The SMILES string of the molecule is COC[C@@H](NC(=O)N1CCC(c2ccn[nH]2)CC1)c1ccc(C)o1. The number of piperidine rings is 1. The molecule has 0 aliphatic carbocycles. The molecule has 2 amide bonds. The highest BCUT2D eigenvalue weighted by Crippen LogP contribution is 2.26. The average molecular weight is 332 g/mol. The van der Waals surface area contributed by atoms with E-state index in [1.807, 2.05) is 30.0 Å². The minimum absolute atomic E-state index is 0.0748. The third kappa shape index (κ3) is 3.79. The standard InChI is InChI=1S/C17H24N4O3/c1-12-3-4-16(24-12)15(11-23-2)19-17(22)21-9-6-13(7-10-21)14-5-8-18-20-14/h3-5,8,13,15H,6-7,9-11H2,1-2H3,(H,18,20)(H,19,22)/t15-/m1/s1. The van der Waals surface area contributed by atoms with Gasteiger partial charge in [0.2, 0.25) is 0 Å². The van der Waals surface area contributed by atoms with Gasteiger partial charge in [-0.2, -0.15) is 5.10 Å². The first-order valence-electron chi connectivity index (χ1n) is 8.27. The number of hydrogen-bond donors (Lipinski definition) is 2. The number of nitrogens with zero attached hydrogens (tertiary/aromatic N) is 2. The molecule has 3 rings (SSSR count). The van der Waals surface area contributed by atoms with Gasteiger partial charge in [-0.05, 0) is 38.0 Å². The molecule has 1 aliphatic heterocycles. The highest BCUT2D eigenvalue weighted by Gasteiger charge is 2.27. The molecule has 2 aromatic rings. The minimum Gasteiger partial charge on any atom is -0.464 e. The number of furan rings is 1. The van der Waals surface area contributed by atoms with Crippen LogP contribution in [0.5, 0.6) is 0 Å². The fraction of sp³-hybridized carbons (Fsp3) is 0.529. The van der Waals surface area contributed by atoms with Crippen LogP contribution in [0, 0.1) is 6.92 Å². The van der Waals surface area contributed by atoms with Gasteiger partial charge in [0, 0.05) is 38.0 Å². The number of likely N-dealkylation sites (tertiary alicyclic amines) is 1. The first-order valence-corrected chi connectivity index (χ1v) is 8.27. The number of aryl methyl sites for hydroxylation is 1. The van der Waals surface area contributed by atoms with E-state index < -0.39 is 0 Å². The molecule has 1 atom stereocenters. The lowest BCUT2D eigenvalue weighted by atomic mass is 9.94. The van der Waals surface area contributed by atoms with E-state index in [0.717, 1.165) is 43.1 Å². The van der Waals surface area contributed by atoms with Gasteiger partial charge in [0.05, 0.1) is 6.61 Å². The molecule has 0 saturated carbocycles. The number of amides is 2. The predicted molar refractivity (Wildman–Crippen MR) is 88.7 cm³/mol. The minimum atomic E-state index is -0.276. The van der Waals surface area contributed by atoms with Gasteiger partial charge in [-0.25, -0.2) is 4.79 Å². The second-order valence-corrected chi connectivity index (χ2v) is 6.18. The molecule has 2 aromatic heterocycles. The number of rotatable bonds is 5. The van der Waals surface area contributed by atoms with Crippen molar-refractivity contribution in [1.29, 1.82) is 0 Å². The second-order valence-electron chi connectivity index (χ2n) is 6.18. The van der Waals surface area contributed by atoms with Crippen molar-refractivity contribution in [3.05, 3.63) is 41.6 Å². The summed E-state index contributed by atoms with van der Waals surface area (Å²) in [6.07, 6.45) is 3.64. The van der Waals surface area contributed by atoms with Crippen LogP contribution < -0.4 is 5.32 Å². The van der Waals surface area contributed by atoms with Crippen LogP contribution in [0.1, 0.15) is 42.0 Å². The molecule has 0 bridgehead atoms. The Labute approximate surface area is 141 Å². The lowest BCUT2D eigenvalue weighted by molar-refractivity contribution is 0.141. The Balaban J connectivity index is 1.56. The number of aromatic amines is 1. The van der Waals surface area contributed by atoms with E-state index in [4.69, 9.17) is 9.15 Å². The van der Waals surface area contributed by atoms with Gasteiger partial charge < -0.3 is 19.4 Å². The van der Waals surface area contributed by atoms with Crippen LogP contribution in [0.15, 0.2) is 28.8 Å². The summed E-state index contributed by atoms with van der Waals surface area (Å²) in [6.45, 7) is 3.72. The van der Waals surface area contributed by atoms with Gasteiger partial charge in [-0.15, -0.1) is 0 Å². The summed E-state index contributed by atoms with van der Waals surface area (Å²) in [5.41, 5.74) is 1.15. The molecule has 130 valence electrons. The molecular formula is C17H24N4O3. The highest BCUT2D eigenvalue weighted by molar-refractivity contribution is 5.74. The molecule has 2 N–H and O–H groups in total. The lowest BCUT2D eigenvalue weighted by Crippen LogP contribution is -2.46. The van der Waals surface area contributed by atoms with Crippen LogP contribution in [0.3, 0.4) is 0 Å². The van der Waals surface area contributed by atoms with E-state index in [-0.39, 0.29) is 12.1 Å². The average Bonchev–Trinajstić information content (AvgIpc) is 3.26. The molecule has 3 heterocycles. The zero-order chi connectivity index (χ0) is 16.9. The molecule has 0 spiro atoms. The predicted octanol–water partition coefficient (Wildman–Crippen LogP) is 2.59. The van der Waals surface area contributed by atoms with Crippen molar-refractivity contribution in [1.82, 2.24) is 20.4 Å². The van der Waals surface area contributed by atoms with Gasteiger partial charge in [0.1, 0.15) is 17.6 Å². The van der Waals surface area contributed by atoms with Crippen molar-refractivity contribution in [2.24, 2.45) is 0 Å². The highest BCUT2D eigenvalue weighted by atomic mass is 16.5. The molecule has 7 heteroatoms.